The summed E-state index contributed by atoms with van der Waals surface area (Å²) in [4.78, 5) is 0. The third-order valence-corrected chi connectivity index (χ3v) is 1.16. The van der Waals surface area contributed by atoms with Crippen LogP contribution in [0, 0.1) is 13.5 Å². The van der Waals surface area contributed by atoms with Crippen molar-refractivity contribution in [3.8, 4) is 0 Å². The van der Waals surface area contributed by atoms with E-state index < -0.39 is 0 Å². The Bertz CT molecular complexity index is 114. The van der Waals surface area contributed by atoms with Gasteiger partial charge >= 0.3 is 31.7 Å². The molecule has 1 aliphatic rings. The van der Waals surface area contributed by atoms with E-state index in [-0.39, 0.29) is 76.4 Å². The maximum absolute atomic E-state index is 4.55. The quantitative estimate of drug-likeness (QED) is 0.573. The zero-order chi connectivity index (χ0) is 7.66. The molecule has 1 radical (unpaired) electrons. The van der Waals surface area contributed by atoms with Gasteiger partial charge in [-0.3, -0.25) is 6.08 Å². The fraction of sp³-hybridized carbons (Fsp3) is 0.375. The predicted molar refractivity (Wildman–Crippen MR) is 70.9 cm³/mol. The second-order valence-corrected chi connectivity index (χ2v) is 2.71. The molecule has 0 N–H and O–H groups in total. The summed E-state index contributed by atoms with van der Waals surface area (Å²) in [6.45, 7) is 0. The predicted octanol–water partition coefficient (Wildman–Crippen LogP) is 2.56. The Morgan fingerprint density at radius 3 is 1.67 bits per heavy atom. The Morgan fingerprint density at radius 2 is 1.60 bits per heavy atom. The molecule has 0 aromatic carbocycles. The van der Waals surface area contributed by atoms with Crippen molar-refractivity contribution in [3.63, 3.8) is 0 Å². The Hall–Kier alpha value is 1.20. The molecule has 1 aliphatic carbocycles. The minimum Gasteiger partial charge on any atom is -0.399 e. The largest absolute Gasteiger partial charge is 2.00 e. The normalized spacial score (nSPS) is 8.67. The van der Waals surface area contributed by atoms with Crippen LogP contribution < -0.4 is 0 Å². The van der Waals surface area contributed by atoms with Crippen molar-refractivity contribution in [1.82, 2.24) is 0 Å². The van der Waals surface area contributed by atoms with Gasteiger partial charge in [0, 0.05) is 14.2 Å². The molecule has 0 saturated carbocycles. The number of rotatable bonds is 2. The molecule has 0 unspecified atom stereocenters. The monoisotopic (exact) mass is 327 g/mol. The van der Waals surface area contributed by atoms with Crippen LogP contribution in [-0.4, -0.2) is 24.2 Å². The van der Waals surface area contributed by atoms with Gasteiger partial charge in [-0.25, -0.2) is 12.2 Å². The third kappa shape index (κ3) is 39.4. The average molecular weight is 329 g/mol. The number of hydrogen-bond acceptors (Lipinski definition) is 2. The molecule has 0 fully saturated rings. The van der Waals surface area contributed by atoms with Gasteiger partial charge in [-0.05, 0) is 0 Å². The molecule has 0 aliphatic heterocycles. The van der Waals surface area contributed by atoms with Gasteiger partial charge in [0.15, 0.2) is 0 Å². The van der Waals surface area contributed by atoms with Gasteiger partial charge in [0.25, 0.3) is 0 Å². The van der Waals surface area contributed by atoms with Crippen molar-refractivity contribution in [2.75, 3.05) is 14.2 Å². The van der Waals surface area contributed by atoms with Crippen molar-refractivity contribution in [2.45, 2.75) is 6.42 Å². The van der Waals surface area contributed by atoms with Gasteiger partial charge in [-0.15, -0.1) is 43.6 Å². The summed E-state index contributed by atoms with van der Waals surface area (Å²) in [6.07, 6.45) is 10.0. The molecule has 0 bridgehead atoms. The van der Waals surface area contributed by atoms with Crippen LogP contribution in [-0.2, 0) is 30.6 Å². The molecule has 1 rings (SSSR count). The van der Waals surface area contributed by atoms with Crippen LogP contribution >= 0.6 is 37.2 Å². The van der Waals surface area contributed by atoms with Gasteiger partial charge < -0.3 is 16.3 Å². The summed E-state index contributed by atoms with van der Waals surface area (Å²) in [5, 5.41) is 0. The first kappa shape index (κ1) is 36.0. The van der Waals surface area contributed by atoms with Crippen molar-refractivity contribution < 1.29 is 30.6 Å². The van der Waals surface area contributed by atoms with Gasteiger partial charge in [0.1, 0.15) is 0 Å². The summed E-state index contributed by atoms with van der Waals surface area (Å²) in [7, 11) is 3.06. The number of allylic oxidation sites excluding steroid dienone is 4. The molecule has 0 aromatic heterocycles. The molecule has 0 heterocycles. The van der Waals surface area contributed by atoms with Crippen molar-refractivity contribution in [1.29, 1.82) is 0 Å². The third-order valence-electron chi connectivity index (χ3n) is 0.778. The van der Waals surface area contributed by atoms with Crippen LogP contribution in [0.15, 0.2) is 18.2 Å². The summed E-state index contributed by atoms with van der Waals surface area (Å²) in [5.41, 5.74) is 0. The van der Waals surface area contributed by atoms with Crippen LogP contribution in [0.2, 0.25) is 0 Å². The molecule has 7 heteroatoms. The van der Waals surface area contributed by atoms with Gasteiger partial charge in [-0.2, -0.15) is 6.08 Å². The fourth-order valence-corrected chi connectivity index (χ4v) is 0.629. The van der Waals surface area contributed by atoms with E-state index in [0.29, 0.717) is 0 Å². The van der Waals surface area contributed by atoms with Crippen molar-refractivity contribution in [2.24, 2.45) is 0 Å². The Balaban J connectivity index is -0.0000000202. The molecule has 0 spiro atoms. The number of halogens is 3. The molecular formula is C8H18Cl3O2SiTi. The van der Waals surface area contributed by atoms with E-state index >= 15 is 0 Å². The van der Waals surface area contributed by atoms with Crippen LogP contribution in [0.1, 0.15) is 6.42 Å². The average Bonchev–Trinajstić information content (AvgIpc) is 2.44. The van der Waals surface area contributed by atoms with Crippen molar-refractivity contribution in [3.05, 3.63) is 31.7 Å². The number of hydrogen-bond donors (Lipinski definition) is 0. The summed E-state index contributed by atoms with van der Waals surface area (Å²) in [5.74, 6) is 0. The van der Waals surface area contributed by atoms with E-state index in [1.165, 1.54) is 0 Å². The molecule has 0 amide bonds. The smallest absolute Gasteiger partial charge is 0.399 e. The van der Waals surface area contributed by atoms with E-state index in [0.717, 1.165) is 6.42 Å². The van der Waals surface area contributed by atoms with Crippen LogP contribution in [0.3, 0.4) is 0 Å². The molecule has 0 saturated heterocycles. The van der Waals surface area contributed by atoms with Crippen LogP contribution in [0.4, 0.5) is 0 Å². The standard InChI is InChI=1S/C5H5.C2H7O2Si.CH3.3ClH.Ti/c1-2-4-5-3-1;1-3-5-4-2;;;;;/h1-3H,4H2;5H,1-2H3;1H3;3*1H;/q-1;;-1;;;;+2. The van der Waals surface area contributed by atoms with Gasteiger partial charge in [0.05, 0.1) is 0 Å². The molecular weight excluding hydrogens is 310 g/mol. The Kier molecular flexibility index (Phi) is 86.8. The van der Waals surface area contributed by atoms with Gasteiger partial charge in [0.2, 0.25) is 0 Å². The Labute approximate surface area is 129 Å². The van der Waals surface area contributed by atoms with Crippen LogP contribution in [0.25, 0.3) is 0 Å². The van der Waals surface area contributed by atoms with Crippen molar-refractivity contribution >= 4 is 47.2 Å². The van der Waals surface area contributed by atoms with Gasteiger partial charge in [-0.1, -0.05) is 0 Å². The molecule has 0 aromatic rings. The maximum atomic E-state index is 4.55. The zero-order valence-corrected chi connectivity index (χ0v) is 14.2. The first-order chi connectivity index (χ1) is 4.91. The van der Waals surface area contributed by atoms with E-state index in [1.807, 2.05) is 12.2 Å². The second-order valence-electron chi connectivity index (χ2n) is 1.57. The first-order valence-corrected chi connectivity index (χ1v) is 3.95. The summed E-state index contributed by atoms with van der Waals surface area (Å²) >= 11 is 0. The first-order valence-electron chi connectivity index (χ1n) is 3.01. The molecule has 91 valence electrons. The SMILES string of the molecule is CO[SiH]OC.Cl.Cl.Cl.[C-]1=CC=CC1.[CH3-].[Ti+2]. The minimum absolute atomic E-state index is 0. The second kappa shape index (κ2) is 36.2. The summed E-state index contributed by atoms with van der Waals surface area (Å²) < 4.78 is 9.10. The van der Waals surface area contributed by atoms with E-state index in [1.54, 1.807) is 14.2 Å². The zero-order valence-electron chi connectivity index (χ0n) is 9.06. The van der Waals surface area contributed by atoms with E-state index in [2.05, 4.69) is 21.0 Å². The fourth-order valence-electron chi connectivity index (χ4n) is 0.436. The van der Waals surface area contributed by atoms with E-state index in [9.17, 15) is 0 Å². The maximum Gasteiger partial charge on any atom is 2.00 e. The minimum atomic E-state index is -0.185. The topological polar surface area (TPSA) is 18.5 Å². The molecule has 15 heavy (non-hydrogen) atoms. The van der Waals surface area contributed by atoms with Crippen LogP contribution in [0.5, 0.6) is 0 Å². The molecule has 0 atom stereocenters. The Morgan fingerprint density at radius 1 is 1.13 bits per heavy atom. The van der Waals surface area contributed by atoms with E-state index in [4.69, 9.17) is 0 Å². The summed E-state index contributed by atoms with van der Waals surface area (Å²) in [6, 6.07) is 0. The molecule has 2 nitrogen and oxygen atoms in total.